The third kappa shape index (κ3) is 4.51. The maximum Gasteiger partial charge on any atom is 0.220 e. The number of anilines is 1. The summed E-state index contributed by atoms with van der Waals surface area (Å²) >= 11 is 3.56. The van der Waals surface area contributed by atoms with Gasteiger partial charge in [0.15, 0.2) is 5.58 Å². The molecule has 1 aliphatic carbocycles. The summed E-state index contributed by atoms with van der Waals surface area (Å²) in [6.07, 6.45) is 13.8. The number of rotatable bonds is 2. The molecule has 3 aliphatic heterocycles. The number of nitrogens with zero attached hydrogens (tertiary/aromatic N) is 2. The van der Waals surface area contributed by atoms with E-state index >= 15 is 0 Å². The van der Waals surface area contributed by atoms with Gasteiger partial charge in [0.2, 0.25) is 11.7 Å². The number of piperidine rings is 1. The molecule has 1 saturated carbocycles. The molecule has 2 aromatic heterocycles. The van der Waals surface area contributed by atoms with Gasteiger partial charge in [0, 0.05) is 42.5 Å². The molecule has 32 heavy (non-hydrogen) atoms. The Bertz CT molecular complexity index is 1030. The number of halogens is 1. The lowest BCUT2D eigenvalue weighted by Gasteiger charge is -2.36. The van der Waals surface area contributed by atoms with E-state index in [1.165, 1.54) is 57.8 Å². The molecule has 4 fully saturated rings. The van der Waals surface area contributed by atoms with Crippen LogP contribution in [0.15, 0.2) is 21.2 Å². The number of furan rings is 1. The molecule has 2 aromatic rings. The van der Waals surface area contributed by atoms with E-state index in [0.29, 0.717) is 34.9 Å². The molecule has 3 N–H and O–H groups in total. The van der Waals surface area contributed by atoms with Crippen molar-refractivity contribution in [2.45, 2.75) is 82.3 Å². The molecule has 2 bridgehead atoms. The van der Waals surface area contributed by atoms with Gasteiger partial charge in [0.05, 0.1) is 10.7 Å². The number of hydrogen-bond acceptors (Lipinski definition) is 6. The minimum atomic E-state index is 0.265. The molecule has 3 saturated heterocycles. The van der Waals surface area contributed by atoms with E-state index in [9.17, 15) is 4.79 Å². The monoisotopic (exact) mass is 499 g/mol. The fourth-order valence-corrected chi connectivity index (χ4v) is 6.50. The maximum absolute atomic E-state index is 11.2. The van der Waals surface area contributed by atoms with Crippen molar-refractivity contribution < 1.29 is 9.21 Å². The molecule has 6 rings (SSSR count). The number of carbonyl (C=O) groups excluding carboxylic acids is 1. The number of pyridine rings is 1. The summed E-state index contributed by atoms with van der Waals surface area (Å²) in [4.78, 5) is 15.6. The number of amides is 1. The summed E-state index contributed by atoms with van der Waals surface area (Å²) in [6, 6.07) is 5.65. The zero-order valence-corrected chi connectivity index (χ0v) is 19.8. The highest BCUT2D eigenvalue weighted by atomic mass is 79.9. The quantitative estimate of drug-likeness (QED) is 0.557. The predicted molar refractivity (Wildman–Crippen MR) is 126 cm³/mol. The Morgan fingerprint density at radius 3 is 2.59 bits per heavy atom. The van der Waals surface area contributed by atoms with Crippen molar-refractivity contribution in [3.8, 4) is 6.07 Å². The van der Waals surface area contributed by atoms with Crippen LogP contribution in [-0.4, -0.2) is 35.6 Å². The zero-order chi connectivity index (χ0) is 22.1. The van der Waals surface area contributed by atoms with Crippen molar-refractivity contribution in [3.63, 3.8) is 0 Å². The normalized spacial score (nSPS) is 29.4. The summed E-state index contributed by atoms with van der Waals surface area (Å²) < 4.78 is 6.24. The molecule has 1 amide bonds. The van der Waals surface area contributed by atoms with Gasteiger partial charge in [-0.2, -0.15) is 5.26 Å². The van der Waals surface area contributed by atoms with Crippen molar-refractivity contribution in [1.29, 1.82) is 5.26 Å². The van der Waals surface area contributed by atoms with Crippen molar-refractivity contribution in [2.75, 3.05) is 11.9 Å². The van der Waals surface area contributed by atoms with Crippen molar-refractivity contribution in [3.05, 3.63) is 22.5 Å². The van der Waals surface area contributed by atoms with Gasteiger partial charge in [-0.25, -0.2) is 4.98 Å². The Kier molecular flexibility index (Phi) is 6.13. The first-order chi connectivity index (χ1) is 15.5. The number of hydrogen-bond donors (Lipinski definition) is 3. The van der Waals surface area contributed by atoms with E-state index in [0.717, 1.165) is 28.6 Å². The highest BCUT2D eigenvalue weighted by Crippen LogP contribution is 2.44. The average molecular weight is 500 g/mol. The van der Waals surface area contributed by atoms with Crippen molar-refractivity contribution in [2.24, 2.45) is 5.41 Å². The molecular weight excluding hydrogens is 470 g/mol. The summed E-state index contributed by atoms with van der Waals surface area (Å²) in [5, 5.41) is 19.8. The predicted octanol–water partition coefficient (Wildman–Crippen LogP) is 4.61. The standard InChI is InChI=1S/C14H14BrN3O.C10H16N2O/c15-13-11-6-10(7-16)19-12(11)8-17-14(13)18-9-4-2-1-3-5-9;13-9-5-10(6-11-9)3-7-1-2-8(4-10)12-7/h6,8-9H,1-5H2,(H,17,18);7-8,12H,1-6H2,(H,11,13). The minimum absolute atomic E-state index is 0.265. The molecule has 5 heterocycles. The van der Waals surface area contributed by atoms with E-state index in [1.807, 2.05) is 6.07 Å². The summed E-state index contributed by atoms with van der Waals surface area (Å²) in [7, 11) is 0. The van der Waals surface area contributed by atoms with E-state index in [-0.39, 0.29) is 5.91 Å². The molecule has 2 unspecified atom stereocenters. The second-order valence-electron chi connectivity index (χ2n) is 9.90. The largest absolute Gasteiger partial charge is 0.444 e. The SMILES string of the molecule is N#Cc1cc2c(Br)c(NC3CCCCC3)ncc2o1.O=C1CC2(CN1)CC1CCC(C2)N1. The van der Waals surface area contributed by atoms with E-state index < -0.39 is 0 Å². The molecule has 0 radical (unpaired) electrons. The number of nitriles is 1. The molecule has 1 spiro atoms. The Morgan fingerprint density at radius 1 is 1.19 bits per heavy atom. The number of fused-ring (bicyclic) bond motifs is 3. The lowest BCUT2D eigenvalue weighted by Crippen LogP contribution is -2.45. The van der Waals surface area contributed by atoms with E-state index in [2.05, 4.69) is 36.9 Å². The molecule has 4 aliphatic rings. The van der Waals surface area contributed by atoms with Gasteiger partial charge in [0.25, 0.3) is 0 Å². The van der Waals surface area contributed by atoms with Crippen LogP contribution >= 0.6 is 15.9 Å². The van der Waals surface area contributed by atoms with Crippen LogP contribution < -0.4 is 16.0 Å². The number of carbonyl (C=O) groups is 1. The van der Waals surface area contributed by atoms with Gasteiger partial charge in [-0.3, -0.25) is 4.79 Å². The van der Waals surface area contributed by atoms with E-state index in [1.54, 1.807) is 12.3 Å². The lowest BCUT2D eigenvalue weighted by molar-refractivity contribution is -0.119. The van der Waals surface area contributed by atoms with Crippen LogP contribution in [0.1, 0.15) is 70.0 Å². The number of nitrogens with one attached hydrogen (secondary N) is 3. The first kappa shape index (κ1) is 21.7. The maximum atomic E-state index is 11.2. The fourth-order valence-electron chi connectivity index (χ4n) is 5.97. The van der Waals surface area contributed by atoms with E-state index in [4.69, 9.17) is 9.68 Å². The zero-order valence-electron chi connectivity index (χ0n) is 18.3. The van der Waals surface area contributed by atoms with Gasteiger partial charge in [-0.05, 0) is 59.9 Å². The van der Waals surface area contributed by atoms with Crippen LogP contribution in [0.2, 0.25) is 0 Å². The molecule has 2 atom stereocenters. The van der Waals surface area contributed by atoms with Crippen LogP contribution in [-0.2, 0) is 4.79 Å². The summed E-state index contributed by atoms with van der Waals surface area (Å²) in [5.41, 5.74) is 0.964. The van der Waals surface area contributed by atoms with Crippen molar-refractivity contribution in [1.82, 2.24) is 15.6 Å². The van der Waals surface area contributed by atoms with Gasteiger partial charge in [0.1, 0.15) is 11.9 Å². The second-order valence-corrected chi connectivity index (χ2v) is 10.7. The Labute approximate surface area is 196 Å². The lowest BCUT2D eigenvalue weighted by atomic mass is 9.75. The van der Waals surface area contributed by atoms with Crippen molar-refractivity contribution >= 4 is 38.6 Å². The number of aromatic nitrogens is 1. The van der Waals surface area contributed by atoms with Crippen LogP contribution in [0.25, 0.3) is 11.0 Å². The first-order valence-electron chi connectivity index (χ1n) is 11.8. The molecular formula is C24H30BrN5O2. The summed E-state index contributed by atoms with van der Waals surface area (Å²) in [6.45, 7) is 0.931. The van der Waals surface area contributed by atoms with Gasteiger partial charge < -0.3 is 20.4 Å². The second kappa shape index (κ2) is 9.03. The third-order valence-corrected chi connectivity index (χ3v) is 8.26. The Morgan fingerprint density at radius 2 is 1.94 bits per heavy atom. The average Bonchev–Trinajstić information content (AvgIpc) is 3.48. The molecule has 170 valence electrons. The highest BCUT2D eigenvalue weighted by Gasteiger charge is 2.47. The highest BCUT2D eigenvalue weighted by molar-refractivity contribution is 9.10. The first-order valence-corrected chi connectivity index (χ1v) is 12.6. The topological polar surface area (TPSA) is 103 Å². The molecule has 8 heteroatoms. The Balaban J connectivity index is 0.000000144. The fraction of sp³-hybridized carbons (Fsp3) is 0.625. The van der Waals surface area contributed by atoms with Gasteiger partial charge in [-0.15, -0.1) is 0 Å². The molecule has 7 nitrogen and oxygen atoms in total. The minimum Gasteiger partial charge on any atom is -0.444 e. The van der Waals surface area contributed by atoms with Crippen LogP contribution in [0, 0.1) is 16.7 Å². The Hall–Kier alpha value is -2.11. The van der Waals surface area contributed by atoms with Crippen LogP contribution in [0.5, 0.6) is 0 Å². The third-order valence-electron chi connectivity index (χ3n) is 7.46. The van der Waals surface area contributed by atoms with Crippen LogP contribution in [0.4, 0.5) is 5.82 Å². The van der Waals surface area contributed by atoms with Gasteiger partial charge >= 0.3 is 0 Å². The smallest absolute Gasteiger partial charge is 0.220 e. The van der Waals surface area contributed by atoms with Crippen LogP contribution in [0.3, 0.4) is 0 Å². The molecule has 0 aromatic carbocycles. The van der Waals surface area contributed by atoms with Gasteiger partial charge in [-0.1, -0.05) is 19.3 Å². The summed E-state index contributed by atoms with van der Waals surface area (Å²) in [5.74, 6) is 1.42.